The number of phenols is 1. The van der Waals surface area contributed by atoms with Crippen LogP contribution in [0.15, 0.2) is 48.5 Å². The van der Waals surface area contributed by atoms with Crippen molar-refractivity contribution in [1.29, 1.82) is 0 Å². The number of aromatic hydroxyl groups is 1. The number of phenolic OH excluding ortho intramolecular Hbond substituents is 1. The van der Waals surface area contributed by atoms with E-state index in [0.717, 1.165) is 5.56 Å². The van der Waals surface area contributed by atoms with Crippen molar-refractivity contribution in [2.75, 3.05) is 5.88 Å². The normalized spacial score (nSPS) is 13.5. The lowest BCUT2D eigenvalue weighted by Crippen LogP contribution is -2.45. The fraction of sp³-hybridized carbons (Fsp3) is 0.235. The zero-order valence-corrected chi connectivity index (χ0v) is 12.8. The van der Waals surface area contributed by atoms with Crippen molar-refractivity contribution in [3.05, 3.63) is 65.2 Å². The van der Waals surface area contributed by atoms with Gasteiger partial charge in [-0.2, -0.15) is 0 Å². The first-order valence-electron chi connectivity index (χ1n) is 6.70. The molecule has 2 aromatic rings. The van der Waals surface area contributed by atoms with Gasteiger partial charge in [0.2, 0.25) is 0 Å². The van der Waals surface area contributed by atoms with Crippen LogP contribution >= 0.6 is 11.6 Å². The van der Waals surface area contributed by atoms with Crippen molar-refractivity contribution in [1.82, 2.24) is 5.32 Å². The predicted molar refractivity (Wildman–Crippen MR) is 84.8 cm³/mol. The molecule has 0 saturated heterocycles. The summed E-state index contributed by atoms with van der Waals surface area (Å²) in [5.41, 5.74) is 1.13. The number of nitrogens with one attached hydrogen (secondary N) is 1. The van der Waals surface area contributed by atoms with Gasteiger partial charge in [-0.15, -0.1) is 11.6 Å². The highest BCUT2D eigenvalue weighted by Crippen LogP contribution is 2.26. The van der Waals surface area contributed by atoms with Gasteiger partial charge in [0.25, 0.3) is 5.91 Å². The Morgan fingerprint density at radius 1 is 1.19 bits per heavy atom. The van der Waals surface area contributed by atoms with Crippen LogP contribution in [0.5, 0.6) is 5.75 Å². The van der Waals surface area contributed by atoms with E-state index in [2.05, 4.69) is 5.32 Å². The average Bonchev–Trinajstić information content (AvgIpc) is 2.50. The summed E-state index contributed by atoms with van der Waals surface area (Å²) in [7, 11) is 0. The molecular weight excluding hydrogens is 286 g/mol. The van der Waals surface area contributed by atoms with Crippen LogP contribution in [0.25, 0.3) is 0 Å². The number of aryl methyl sites for hydroxylation is 1. The SMILES string of the molecule is Cc1cccc(C(=O)NC(C)(CCl)c2ccccc2)c1O. The number of carbonyl (C=O) groups is 1. The van der Waals surface area contributed by atoms with Crippen molar-refractivity contribution in [3.8, 4) is 5.75 Å². The molecule has 1 unspecified atom stereocenters. The second-order valence-corrected chi connectivity index (χ2v) is 5.52. The van der Waals surface area contributed by atoms with E-state index in [1.54, 1.807) is 25.1 Å². The molecule has 0 spiro atoms. The van der Waals surface area contributed by atoms with E-state index in [1.807, 2.05) is 37.3 Å². The van der Waals surface area contributed by atoms with E-state index in [0.29, 0.717) is 5.56 Å². The summed E-state index contributed by atoms with van der Waals surface area (Å²) in [6.07, 6.45) is 0. The molecule has 3 nitrogen and oxygen atoms in total. The minimum Gasteiger partial charge on any atom is -0.507 e. The summed E-state index contributed by atoms with van der Waals surface area (Å²) in [5.74, 6) is -0.113. The van der Waals surface area contributed by atoms with Gasteiger partial charge in [-0.25, -0.2) is 0 Å². The second kappa shape index (κ2) is 6.19. The molecule has 0 saturated carbocycles. The summed E-state index contributed by atoms with van der Waals surface area (Å²) >= 11 is 6.07. The van der Waals surface area contributed by atoms with Crippen LogP contribution in [-0.2, 0) is 5.54 Å². The lowest BCUT2D eigenvalue weighted by molar-refractivity contribution is 0.0910. The summed E-state index contributed by atoms with van der Waals surface area (Å²) in [4.78, 5) is 12.4. The highest BCUT2D eigenvalue weighted by Gasteiger charge is 2.28. The Morgan fingerprint density at radius 3 is 2.48 bits per heavy atom. The van der Waals surface area contributed by atoms with Crippen LogP contribution < -0.4 is 5.32 Å². The molecule has 1 amide bonds. The topological polar surface area (TPSA) is 49.3 Å². The van der Waals surface area contributed by atoms with E-state index in [1.165, 1.54) is 0 Å². The molecule has 1 atom stereocenters. The monoisotopic (exact) mass is 303 g/mol. The Balaban J connectivity index is 2.30. The third-order valence-corrected chi connectivity index (χ3v) is 4.08. The number of hydrogen-bond donors (Lipinski definition) is 2. The number of halogens is 1. The Kier molecular flexibility index (Phi) is 4.53. The summed E-state index contributed by atoms with van der Waals surface area (Å²) in [6.45, 7) is 3.62. The Morgan fingerprint density at radius 2 is 1.86 bits per heavy atom. The van der Waals surface area contributed by atoms with E-state index in [-0.39, 0.29) is 23.1 Å². The molecular formula is C17H18ClNO2. The number of rotatable bonds is 4. The van der Waals surface area contributed by atoms with Crippen LogP contribution in [0.1, 0.15) is 28.4 Å². The van der Waals surface area contributed by atoms with E-state index in [9.17, 15) is 9.90 Å². The van der Waals surface area contributed by atoms with Crippen molar-refractivity contribution in [3.63, 3.8) is 0 Å². The fourth-order valence-electron chi connectivity index (χ4n) is 2.15. The number of alkyl halides is 1. The van der Waals surface area contributed by atoms with Crippen molar-refractivity contribution in [2.24, 2.45) is 0 Å². The smallest absolute Gasteiger partial charge is 0.255 e. The van der Waals surface area contributed by atoms with E-state index < -0.39 is 5.54 Å². The fourth-order valence-corrected chi connectivity index (χ4v) is 2.37. The number of benzene rings is 2. The maximum atomic E-state index is 12.4. The number of para-hydroxylation sites is 1. The molecule has 0 bridgehead atoms. The van der Waals surface area contributed by atoms with Crippen LogP contribution in [0.3, 0.4) is 0 Å². The highest BCUT2D eigenvalue weighted by molar-refractivity contribution is 6.19. The lowest BCUT2D eigenvalue weighted by atomic mass is 9.93. The molecule has 21 heavy (non-hydrogen) atoms. The Hall–Kier alpha value is -2.00. The number of hydrogen-bond acceptors (Lipinski definition) is 2. The van der Waals surface area contributed by atoms with Gasteiger partial charge in [-0.05, 0) is 31.0 Å². The van der Waals surface area contributed by atoms with Gasteiger partial charge in [0.1, 0.15) is 5.75 Å². The molecule has 2 rings (SSSR count). The molecule has 0 aliphatic carbocycles. The van der Waals surface area contributed by atoms with E-state index in [4.69, 9.17) is 11.6 Å². The minimum atomic E-state index is -0.698. The van der Waals surface area contributed by atoms with Crippen LogP contribution in [0, 0.1) is 6.92 Å². The first-order chi connectivity index (χ1) is 9.98. The first kappa shape index (κ1) is 15.4. The minimum absolute atomic E-state index is 0.0000147. The highest BCUT2D eigenvalue weighted by atomic mass is 35.5. The van der Waals surface area contributed by atoms with Gasteiger partial charge in [0.05, 0.1) is 11.1 Å². The van der Waals surface area contributed by atoms with Crippen LogP contribution in [0.2, 0.25) is 0 Å². The van der Waals surface area contributed by atoms with Crippen molar-refractivity contribution < 1.29 is 9.90 Å². The lowest BCUT2D eigenvalue weighted by Gasteiger charge is -2.29. The number of carbonyl (C=O) groups excluding carboxylic acids is 1. The summed E-state index contributed by atoms with van der Waals surface area (Å²) in [6, 6.07) is 14.6. The quantitative estimate of drug-likeness (QED) is 0.848. The first-order valence-corrected chi connectivity index (χ1v) is 7.24. The molecule has 0 aliphatic heterocycles. The Labute approximate surface area is 129 Å². The second-order valence-electron chi connectivity index (χ2n) is 5.26. The zero-order valence-electron chi connectivity index (χ0n) is 12.1. The molecule has 0 aliphatic rings. The molecule has 0 radical (unpaired) electrons. The maximum absolute atomic E-state index is 12.4. The summed E-state index contributed by atoms with van der Waals surface area (Å²) in [5, 5.41) is 12.9. The largest absolute Gasteiger partial charge is 0.507 e. The summed E-state index contributed by atoms with van der Waals surface area (Å²) < 4.78 is 0. The molecule has 110 valence electrons. The molecule has 0 fully saturated rings. The third kappa shape index (κ3) is 3.19. The van der Waals surface area contributed by atoms with Crippen LogP contribution in [-0.4, -0.2) is 16.9 Å². The van der Waals surface area contributed by atoms with Gasteiger partial charge in [-0.3, -0.25) is 4.79 Å². The third-order valence-electron chi connectivity index (χ3n) is 3.55. The van der Waals surface area contributed by atoms with Gasteiger partial charge >= 0.3 is 0 Å². The van der Waals surface area contributed by atoms with Crippen LogP contribution in [0.4, 0.5) is 0 Å². The van der Waals surface area contributed by atoms with Gasteiger partial charge in [0, 0.05) is 5.88 Å². The molecule has 2 aromatic carbocycles. The van der Waals surface area contributed by atoms with Crippen molar-refractivity contribution in [2.45, 2.75) is 19.4 Å². The molecule has 0 aromatic heterocycles. The van der Waals surface area contributed by atoms with Crippen molar-refractivity contribution >= 4 is 17.5 Å². The number of amides is 1. The van der Waals surface area contributed by atoms with Gasteiger partial charge in [-0.1, -0.05) is 42.5 Å². The zero-order chi connectivity index (χ0) is 15.5. The Bertz CT molecular complexity index is 642. The maximum Gasteiger partial charge on any atom is 0.255 e. The predicted octanol–water partition coefficient (Wildman–Crippen LogP) is 3.58. The standard InChI is InChI=1S/C17H18ClNO2/c1-12-7-6-10-14(15(12)20)16(21)19-17(2,11-18)13-8-4-3-5-9-13/h3-10,20H,11H2,1-2H3,(H,19,21). The van der Waals surface area contributed by atoms with Gasteiger partial charge < -0.3 is 10.4 Å². The molecule has 2 N–H and O–H groups in total. The van der Waals surface area contributed by atoms with Gasteiger partial charge in [0.15, 0.2) is 0 Å². The molecule has 0 heterocycles. The average molecular weight is 304 g/mol. The van der Waals surface area contributed by atoms with E-state index >= 15 is 0 Å². The molecule has 4 heteroatoms.